The van der Waals surface area contributed by atoms with E-state index in [0.717, 1.165) is 5.69 Å². The van der Waals surface area contributed by atoms with Crippen LogP contribution in [0.1, 0.15) is 32.1 Å². The Labute approximate surface area is 84.5 Å². The maximum atomic E-state index is 5.79. The van der Waals surface area contributed by atoms with Gasteiger partial charge in [0.1, 0.15) is 5.82 Å². The lowest BCUT2D eigenvalue weighted by atomic mass is 9.94. The van der Waals surface area contributed by atoms with Crippen molar-refractivity contribution >= 4 is 11.5 Å². The van der Waals surface area contributed by atoms with Gasteiger partial charge in [-0.15, -0.1) is 0 Å². The molecule has 0 unspecified atom stereocenters. The van der Waals surface area contributed by atoms with Crippen molar-refractivity contribution in [3.63, 3.8) is 0 Å². The molecule has 0 aliphatic heterocycles. The fourth-order valence-electron chi connectivity index (χ4n) is 2.24. The van der Waals surface area contributed by atoms with E-state index in [1.54, 1.807) is 0 Å². The Bertz CT molecular complexity index is 288. The first-order chi connectivity index (χ1) is 6.79. The number of nitrogen functional groups attached to an aromatic ring is 1. The number of nitrogens with one attached hydrogen (secondary N) is 1. The van der Waals surface area contributed by atoms with E-state index in [1.807, 2.05) is 6.20 Å². The normalized spacial score (nSPS) is 18.4. The van der Waals surface area contributed by atoms with Gasteiger partial charge in [-0.1, -0.05) is 19.3 Å². The molecule has 4 nitrogen and oxygen atoms in total. The van der Waals surface area contributed by atoms with Crippen molar-refractivity contribution in [2.45, 2.75) is 38.1 Å². The van der Waals surface area contributed by atoms with Crippen molar-refractivity contribution in [2.24, 2.45) is 0 Å². The van der Waals surface area contributed by atoms with E-state index in [1.165, 1.54) is 32.1 Å². The van der Waals surface area contributed by atoms with Crippen LogP contribution in [-0.4, -0.2) is 23.3 Å². The van der Waals surface area contributed by atoms with Crippen LogP contribution in [0.2, 0.25) is 0 Å². The summed E-state index contributed by atoms with van der Waals surface area (Å²) in [7, 11) is 2.11. The van der Waals surface area contributed by atoms with Crippen LogP contribution in [0.15, 0.2) is 6.20 Å². The maximum Gasteiger partial charge on any atom is 0.142 e. The highest BCUT2D eigenvalue weighted by atomic mass is 15.2. The molecule has 0 radical (unpaired) electrons. The van der Waals surface area contributed by atoms with Crippen LogP contribution in [0.25, 0.3) is 0 Å². The van der Waals surface area contributed by atoms with Crippen LogP contribution < -0.4 is 10.6 Å². The lowest BCUT2D eigenvalue weighted by Gasteiger charge is -2.32. The van der Waals surface area contributed by atoms with Crippen molar-refractivity contribution in [1.29, 1.82) is 0 Å². The molecular formula is C10H18N4. The predicted octanol–water partition coefficient (Wildman–Crippen LogP) is 1.76. The Kier molecular flexibility index (Phi) is 2.61. The number of anilines is 2. The molecule has 1 saturated carbocycles. The van der Waals surface area contributed by atoms with Gasteiger partial charge in [0.2, 0.25) is 0 Å². The zero-order valence-corrected chi connectivity index (χ0v) is 8.66. The highest BCUT2D eigenvalue weighted by Crippen LogP contribution is 2.28. The fourth-order valence-corrected chi connectivity index (χ4v) is 2.24. The number of aromatic nitrogens is 2. The minimum absolute atomic E-state index is 0.642. The summed E-state index contributed by atoms with van der Waals surface area (Å²) in [5.41, 5.74) is 6.83. The van der Waals surface area contributed by atoms with Gasteiger partial charge in [-0.05, 0) is 12.8 Å². The molecule has 78 valence electrons. The zero-order chi connectivity index (χ0) is 9.97. The second-order valence-electron chi connectivity index (χ2n) is 4.07. The Hall–Kier alpha value is -1.19. The molecular weight excluding hydrogens is 176 g/mol. The summed E-state index contributed by atoms with van der Waals surface area (Å²) in [4.78, 5) is 2.26. The molecule has 1 heterocycles. The molecule has 0 aromatic carbocycles. The average Bonchev–Trinajstić information content (AvgIpc) is 2.65. The highest BCUT2D eigenvalue weighted by Gasteiger charge is 2.20. The minimum Gasteiger partial charge on any atom is -0.382 e. The monoisotopic (exact) mass is 194 g/mol. The molecule has 0 saturated heterocycles. The Morgan fingerprint density at radius 3 is 2.71 bits per heavy atom. The van der Waals surface area contributed by atoms with Gasteiger partial charge in [-0.2, -0.15) is 5.10 Å². The second-order valence-corrected chi connectivity index (χ2v) is 4.07. The molecule has 0 amide bonds. The predicted molar refractivity (Wildman–Crippen MR) is 58.3 cm³/mol. The summed E-state index contributed by atoms with van der Waals surface area (Å²) in [6.07, 6.45) is 8.43. The third-order valence-corrected chi connectivity index (χ3v) is 3.15. The molecule has 1 aliphatic carbocycles. The van der Waals surface area contributed by atoms with Crippen LogP contribution in [0.5, 0.6) is 0 Å². The molecule has 0 atom stereocenters. The first-order valence-corrected chi connectivity index (χ1v) is 5.30. The van der Waals surface area contributed by atoms with Gasteiger partial charge in [0.25, 0.3) is 0 Å². The van der Waals surface area contributed by atoms with Crippen molar-refractivity contribution < 1.29 is 0 Å². The zero-order valence-electron chi connectivity index (χ0n) is 8.66. The molecule has 2 rings (SSSR count). The van der Waals surface area contributed by atoms with E-state index in [4.69, 9.17) is 5.73 Å². The van der Waals surface area contributed by atoms with E-state index in [-0.39, 0.29) is 0 Å². The number of aromatic amines is 1. The molecule has 0 bridgehead atoms. The molecule has 0 spiro atoms. The van der Waals surface area contributed by atoms with Gasteiger partial charge in [-0.3, -0.25) is 5.10 Å². The number of rotatable bonds is 2. The number of H-pyrrole nitrogens is 1. The smallest absolute Gasteiger partial charge is 0.142 e. The van der Waals surface area contributed by atoms with Crippen molar-refractivity contribution in [1.82, 2.24) is 10.2 Å². The topological polar surface area (TPSA) is 57.9 Å². The molecule has 3 N–H and O–H groups in total. The third-order valence-electron chi connectivity index (χ3n) is 3.15. The second kappa shape index (κ2) is 3.90. The summed E-state index contributed by atoms with van der Waals surface area (Å²) in [5.74, 6) is 0.679. The highest BCUT2D eigenvalue weighted by molar-refractivity contribution is 5.62. The van der Waals surface area contributed by atoms with Gasteiger partial charge in [-0.25, -0.2) is 0 Å². The van der Waals surface area contributed by atoms with Crippen LogP contribution in [0.4, 0.5) is 11.5 Å². The molecule has 1 aromatic heterocycles. The standard InChI is InChI=1S/C10H18N4/c1-14(8-5-3-2-4-6-8)9-7-12-13-10(9)11/h7-8H,2-6H2,1H3,(H3,11,12,13). The number of hydrogen-bond donors (Lipinski definition) is 2. The fraction of sp³-hybridized carbons (Fsp3) is 0.700. The Balaban J connectivity index is 2.07. The van der Waals surface area contributed by atoms with Crippen molar-refractivity contribution in [3.05, 3.63) is 6.20 Å². The van der Waals surface area contributed by atoms with Gasteiger partial charge in [0.05, 0.1) is 11.9 Å². The summed E-state index contributed by atoms with van der Waals surface area (Å²) >= 11 is 0. The van der Waals surface area contributed by atoms with E-state index < -0.39 is 0 Å². The van der Waals surface area contributed by atoms with Gasteiger partial charge in [0.15, 0.2) is 0 Å². The molecule has 1 aliphatic rings. The summed E-state index contributed by atoms with van der Waals surface area (Å²) in [6.45, 7) is 0. The largest absolute Gasteiger partial charge is 0.382 e. The maximum absolute atomic E-state index is 5.79. The molecule has 1 fully saturated rings. The summed E-state index contributed by atoms with van der Waals surface area (Å²) in [5, 5.41) is 6.72. The van der Waals surface area contributed by atoms with Crippen molar-refractivity contribution in [3.8, 4) is 0 Å². The Morgan fingerprint density at radius 2 is 2.14 bits per heavy atom. The quantitative estimate of drug-likeness (QED) is 0.754. The minimum atomic E-state index is 0.642. The lowest BCUT2D eigenvalue weighted by Crippen LogP contribution is -2.33. The van der Waals surface area contributed by atoms with Crippen molar-refractivity contribution in [2.75, 3.05) is 17.7 Å². The van der Waals surface area contributed by atoms with Crippen LogP contribution in [0.3, 0.4) is 0 Å². The molecule has 4 heteroatoms. The number of nitrogens with two attached hydrogens (primary N) is 1. The summed E-state index contributed by atoms with van der Waals surface area (Å²) < 4.78 is 0. The van der Waals surface area contributed by atoms with E-state index in [9.17, 15) is 0 Å². The van der Waals surface area contributed by atoms with E-state index in [2.05, 4.69) is 22.1 Å². The van der Waals surface area contributed by atoms with Gasteiger partial charge in [0, 0.05) is 13.1 Å². The third kappa shape index (κ3) is 1.69. The van der Waals surface area contributed by atoms with Gasteiger partial charge >= 0.3 is 0 Å². The molecule has 14 heavy (non-hydrogen) atoms. The SMILES string of the molecule is CN(c1cn[nH]c1N)C1CCCCC1. The number of nitrogens with zero attached hydrogens (tertiary/aromatic N) is 2. The average molecular weight is 194 g/mol. The first-order valence-electron chi connectivity index (χ1n) is 5.30. The van der Waals surface area contributed by atoms with E-state index >= 15 is 0 Å². The van der Waals surface area contributed by atoms with Crippen LogP contribution in [0, 0.1) is 0 Å². The Morgan fingerprint density at radius 1 is 1.43 bits per heavy atom. The van der Waals surface area contributed by atoms with E-state index in [0.29, 0.717) is 11.9 Å². The lowest BCUT2D eigenvalue weighted by molar-refractivity contribution is 0.428. The first kappa shape index (κ1) is 9.37. The van der Waals surface area contributed by atoms with Gasteiger partial charge < -0.3 is 10.6 Å². The molecule has 1 aromatic rings. The van der Waals surface area contributed by atoms with Crippen LogP contribution in [-0.2, 0) is 0 Å². The summed E-state index contributed by atoms with van der Waals surface area (Å²) in [6, 6.07) is 0.642. The van der Waals surface area contributed by atoms with Crippen LogP contribution >= 0.6 is 0 Å². The number of hydrogen-bond acceptors (Lipinski definition) is 3.